The minimum absolute atomic E-state index is 0.295. The van der Waals surface area contributed by atoms with Crippen LogP contribution in [0.1, 0.15) is 20.3 Å². The fourth-order valence-corrected chi connectivity index (χ4v) is 1.13. The summed E-state index contributed by atoms with van der Waals surface area (Å²) in [6.07, 6.45) is 1.68. The van der Waals surface area contributed by atoms with Crippen LogP contribution in [0.5, 0.6) is 0 Å². The first-order chi connectivity index (χ1) is 4.34. The quantitative estimate of drug-likeness (QED) is 0.531. The van der Waals surface area contributed by atoms with Crippen LogP contribution in [0.4, 0.5) is 0 Å². The molecular formula is C7H14O2. The molecule has 1 saturated heterocycles. The summed E-state index contributed by atoms with van der Waals surface area (Å²) in [4.78, 5) is 0. The third kappa shape index (κ3) is 1.66. The normalized spacial score (nSPS) is 36.7. The highest BCUT2D eigenvalue weighted by atomic mass is 16.6. The van der Waals surface area contributed by atoms with Crippen molar-refractivity contribution >= 4 is 0 Å². The molecule has 0 spiro atoms. The van der Waals surface area contributed by atoms with Gasteiger partial charge in [-0.25, -0.2) is 0 Å². The zero-order valence-electron chi connectivity index (χ0n) is 6.09. The molecule has 0 bridgehead atoms. The molecule has 0 aromatic heterocycles. The first kappa shape index (κ1) is 7.03. The fraction of sp³-hybridized carbons (Fsp3) is 1.00. The standard InChI is InChI=1S/C7H14O2/c1-3-7-6(2)8-4-5-9-7/h6-7H,3-5H2,1-2H3/t6?,7-/m0/s1. The van der Waals surface area contributed by atoms with E-state index in [1.54, 1.807) is 0 Å². The lowest BCUT2D eigenvalue weighted by Crippen LogP contribution is -2.35. The van der Waals surface area contributed by atoms with Crippen molar-refractivity contribution in [3.63, 3.8) is 0 Å². The summed E-state index contributed by atoms with van der Waals surface area (Å²) in [6, 6.07) is 0. The molecule has 1 aliphatic heterocycles. The van der Waals surface area contributed by atoms with Crippen molar-refractivity contribution in [2.24, 2.45) is 0 Å². The number of hydrogen-bond donors (Lipinski definition) is 0. The highest BCUT2D eigenvalue weighted by Crippen LogP contribution is 2.11. The van der Waals surface area contributed by atoms with Crippen LogP contribution in [-0.2, 0) is 9.47 Å². The van der Waals surface area contributed by atoms with Gasteiger partial charge in [0.15, 0.2) is 0 Å². The maximum atomic E-state index is 5.41. The van der Waals surface area contributed by atoms with E-state index in [9.17, 15) is 0 Å². The van der Waals surface area contributed by atoms with Gasteiger partial charge in [-0.15, -0.1) is 0 Å². The van der Waals surface area contributed by atoms with Crippen LogP contribution in [0.2, 0.25) is 0 Å². The molecule has 2 heteroatoms. The maximum Gasteiger partial charge on any atom is 0.0832 e. The van der Waals surface area contributed by atoms with E-state index in [2.05, 4.69) is 13.8 Å². The summed E-state index contributed by atoms with van der Waals surface area (Å²) < 4.78 is 10.8. The maximum absolute atomic E-state index is 5.41. The van der Waals surface area contributed by atoms with E-state index in [0.717, 1.165) is 19.6 Å². The van der Waals surface area contributed by atoms with E-state index in [-0.39, 0.29) is 0 Å². The Morgan fingerprint density at radius 2 is 2.00 bits per heavy atom. The molecule has 0 saturated carbocycles. The van der Waals surface area contributed by atoms with Crippen LogP contribution in [0, 0.1) is 0 Å². The largest absolute Gasteiger partial charge is 0.373 e. The first-order valence-corrected chi connectivity index (χ1v) is 3.57. The highest BCUT2D eigenvalue weighted by Gasteiger charge is 2.19. The van der Waals surface area contributed by atoms with Crippen LogP contribution in [0.3, 0.4) is 0 Å². The van der Waals surface area contributed by atoms with E-state index in [1.807, 2.05) is 0 Å². The molecule has 1 fully saturated rings. The molecule has 0 N–H and O–H groups in total. The van der Waals surface area contributed by atoms with E-state index >= 15 is 0 Å². The molecule has 2 atom stereocenters. The summed E-state index contributed by atoms with van der Waals surface area (Å²) in [5, 5.41) is 0. The van der Waals surface area contributed by atoms with Crippen LogP contribution in [-0.4, -0.2) is 25.4 Å². The van der Waals surface area contributed by atoms with Crippen LogP contribution < -0.4 is 0 Å². The Hall–Kier alpha value is -0.0800. The van der Waals surface area contributed by atoms with E-state index in [4.69, 9.17) is 9.47 Å². The van der Waals surface area contributed by atoms with Gasteiger partial charge < -0.3 is 9.47 Å². The Bertz CT molecular complexity index is 83.0. The molecule has 0 aromatic rings. The second kappa shape index (κ2) is 3.18. The van der Waals surface area contributed by atoms with Crippen LogP contribution in [0.25, 0.3) is 0 Å². The average Bonchev–Trinajstić information content (AvgIpc) is 1.89. The predicted octanol–water partition coefficient (Wildman–Crippen LogP) is 1.20. The van der Waals surface area contributed by atoms with Crippen molar-refractivity contribution in [1.29, 1.82) is 0 Å². The predicted molar refractivity (Wildman–Crippen MR) is 35.4 cm³/mol. The highest BCUT2D eigenvalue weighted by molar-refractivity contribution is 4.67. The fourth-order valence-electron chi connectivity index (χ4n) is 1.13. The zero-order chi connectivity index (χ0) is 6.69. The zero-order valence-corrected chi connectivity index (χ0v) is 6.09. The van der Waals surface area contributed by atoms with Crippen molar-refractivity contribution in [2.45, 2.75) is 32.5 Å². The minimum atomic E-state index is 0.295. The summed E-state index contributed by atoms with van der Waals surface area (Å²) in [7, 11) is 0. The van der Waals surface area contributed by atoms with Crippen LogP contribution >= 0.6 is 0 Å². The Morgan fingerprint density at radius 3 is 2.44 bits per heavy atom. The van der Waals surface area contributed by atoms with Gasteiger partial charge >= 0.3 is 0 Å². The number of hydrogen-bond acceptors (Lipinski definition) is 2. The molecule has 9 heavy (non-hydrogen) atoms. The molecule has 1 aliphatic rings. The summed E-state index contributed by atoms with van der Waals surface area (Å²) >= 11 is 0. The van der Waals surface area contributed by atoms with Crippen molar-refractivity contribution in [1.82, 2.24) is 0 Å². The molecule has 0 aromatic carbocycles. The molecule has 1 unspecified atom stereocenters. The van der Waals surface area contributed by atoms with Gasteiger partial charge in [0.25, 0.3) is 0 Å². The van der Waals surface area contributed by atoms with E-state index in [1.165, 1.54) is 0 Å². The third-order valence-electron chi connectivity index (χ3n) is 1.72. The van der Waals surface area contributed by atoms with Gasteiger partial charge in [0.1, 0.15) is 0 Å². The molecule has 0 radical (unpaired) electrons. The monoisotopic (exact) mass is 130 g/mol. The van der Waals surface area contributed by atoms with Gasteiger partial charge in [-0.3, -0.25) is 0 Å². The van der Waals surface area contributed by atoms with Crippen LogP contribution in [0.15, 0.2) is 0 Å². The molecule has 1 heterocycles. The van der Waals surface area contributed by atoms with Gasteiger partial charge in [0, 0.05) is 0 Å². The molecule has 0 amide bonds. The Morgan fingerprint density at radius 1 is 1.33 bits per heavy atom. The van der Waals surface area contributed by atoms with Crippen molar-refractivity contribution in [3.05, 3.63) is 0 Å². The lowest BCUT2D eigenvalue weighted by atomic mass is 10.1. The second-order valence-corrected chi connectivity index (χ2v) is 2.39. The number of rotatable bonds is 1. The molecule has 1 rings (SSSR count). The van der Waals surface area contributed by atoms with Gasteiger partial charge in [-0.1, -0.05) is 6.92 Å². The Labute approximate surface area is 56.2 Å². The van der Waals surface area contributed by atoms with E-state index < -0.39 is 0 Å². The van der Waals surface area contributed by atoms with Gasteiger partial charge in [-0.05, 0) is 13.3 Å². The third-order valence-corrected chi connectivity index (χ3v) is 1.72. The smallest absolute Gasteiger partial charge is 0.0832 e. The minimum Gasteiger partial charge on any atom is -0.373 e. The average molecular weight is 130 g/mol. The van der Waals surface area contributed by atoms with Gasteiger partial charge in [-0.2, -0.15) is 0 Å². The summed E-state index contributed by atoms with van der Waals surface area (Å²) in [5.41, 5.74) is 0. The van der Waals surface area contributed by atoms with Gasteiger partial charge in [0.2, 0.25) is 0 Å². The number of ether oxygens (including phenoxy) is 2. The SMILES string of the molecule is CC[C@@H]1OCCOC1C. The Balaban J connectivity index is 2.30. The lowest BCUT2D eigenvalue weighted by molar-refractivity contribution is -0.132. The summed E-state index contributed by atoms with van der Waals surface area (Å²) in [5.74, 6) is 0. The summed E-state index contributed by atoms with van der Waals surface area (Å²) in [6.45, 7) is 5.71. The van der Waals surface area contributed by atoms with Crippen molar-refractivity contribution in [2.75, 3.05) is 13.2 Å². The van der Waals surface area contributed by atoms with Crippen molar-refractivity contribution in [3.8, 4) is 0 Å². The molecule has 0 aliphatic carbocycles. The van der Waals surface area contributed by atoms with Crippen molar-refractivity contribution < 1.29 is 9.47 Å². The molecule has 2 nitrogen and oxygen atoms in total. The second-order valence-electron chi connectivity index (χ2n) is 2.39. The van der Waals surface area contributed by atoms with Gasteiger partial charge in [0.05, 0.1) is 25.4 Å². The van der Waals surface area contributed by atoms with E-state index in [0.29, 0.717) is 12.2 Å². The lowest BCUT2D eigenvalue weighted by Gasteiger charge is -2.28. The topological polar surface area (TPSA) is 18.5 Å². The molecular weight excluding hydrogens is 116 g/mol. The molecule has 54 valence electrons. The Kier molecular flexibility index (Phi) is 2.49. The first-order valence-electron chi connectivity index (χ1n) is 3.57.